The molecule has 1 atom stereocenters. The van der Waals surface area contributed by atoms with Crippen LogP contribution in [0.25, 0.3) is 131 Å². The van der Waals surface area contributed by atoms with E-state index in [-0.39, 0.29) is 5.92 Å². The molecule has 426 valence electrons. The summed E-state index contributed by atoms with van der Waals surface area (Å²) in [6.45, 7) is 0. The molecule has 2 aliphatic rings. The van der Waals surface area contributed by atoms with E-state index in [0.29, 0.717) is 45.8 Å². The van der Waals surface area contributed by atoms with Gasteiger partial charge in [-0.2, -0.15) is 26.3 Å². The topological polar surface area (TPSA) is 25.8 Å². The lowest BCUT2D eigenvalue weighted by atomic mass is 9.72. The zero-order valence-electron chi connectivity index (χ0n) is 47.6. The lowest BCUT2D eigenvalue weighted by Crippen LogP contribution is -2.54. The second kappa shape index (κ2) is 20.7. The molecule has 0 radical (unpaired) electrons. The number of halogens is 6. The first-order chi connectivity index (χ1) is 43.4. The van der Waals surface area contributed by atoms with Crippen LogP contribution in [-0.2, 0) is 5.41 Å². The van der Waals surface area contributed by atoms with Crippen molar-refractivity contribution in [1.82, 2.24) is 9.97 Å². The first-order valence-electron chi connectivity index (χ1n) is 29.7. The van der Waals surface area contributed by atoms with Gasteiger partial charge < -0.3 is 0 Å². The molecule has 12 aromatic carbocycles. The second-order valence-electron chi connectivity index (χ2n) is 23.3. The maximum Gasteiger partial charge on any atom is 0.411 e. The number of pyridine rings is 2. The van der Waals surface area contributed by atoms with Gasteiger partial charge in [0.05, 0.1) is 17.1 Å². The molecule has 2 aliphatic carbocycles. The SMILES string of the molecule is FC(F)(F)C(c1ccc(-c2cc(-c3ccc4c5ccccc5c5ccccc5c4c3)nc(-c3cccc4c3ccc3ccccc34)c2)cc1)(c1ccc(-c2cc(-c3cccc4c3ccc3ccccc34)nc(C3C=CC=C4C=CC=C4C3)c2)cc1)C(F)(F)F. The van der Waals surface area contributed by atoms with Crippen LogP contribution in [0.5, 0.6) is 0 Å². The van der Waals surface area contributed by atoms with Gasteiger partial charge in [0.25, 0.3) is 0 Å². The van der Waals surface area contributed by atoms with Crippen LogP contribution in [0, 0.1) is 0 Å². The highest BCUT2D eigenvalue weighted by Gasteiger charge is 2.72. The Hall–Kier alpha value is -10.7. The minimum Gasteiger partial charge on any atom is -0.252 e. The Morgan fingerprint density at radius 2 is 0.764 bits per heavy atom. The predicted molar refractivity (Wildman–Crippen MR) is 353 cm³/mol. The van der Waals surface area contributed by atoms with E-state index in [0.717, 1.165) is 133 Å². The highest BCUT2D eigenvalue weighted by atomic mass is 19.4. The number of alkyl halides is 6. The Kier molecular flexibility index (Phi) is 12.5. The Labute approximate surface area is 508 Å². The van der Waals surface area contributed by atoms with Gasteiger partial charge in [-0.05, 0) is 157 Å². The standard InChI is InChI=1S/C81H50F6N2/c82-80(83,84)79(81(85,86)87,59-36-29-50(30-37-59)57-45-75(55-18-10-16-49-15-9-17-54(49)43-55)88-77(47-57)72-27-11-25-63-61-19-3-1-13-52(61)33-40-69(63)72)60-38-31-51(32-39-60)58-46-76(89-78(48-58)73-28-12-26-64-62-20-4-2-14-53(62)34-41-70(64)73)56-35-42-71-67-23-6-5-21-65(67)66-22-7-8-24-68(66)74(71)44-56/h1-42,44-48,55H,43H2. The van der Waals surface area contributed by atoms with Crippen LogP contribution in [0.15, 0.2) is 296 Å². The minimum absolute atomic E-state index is 0.181. The lowest BCUT2D eigenvalue weighted by Gasteiger charge is -2.38. The van der Waals surface area contributed by atoms with Crippen LogP contribution in [-0.4, -0.2) is 22.3 Å². The fraction of sp³-hybridized carbons (Fsp3) is 0.0617. The van der Waals surface area contributed by atoms with Gasteiger partial charge in [0, 0.05) is 28.3 Å². The van der Waals surface area contributed by atoms with Crippen molar-refractivity contribution >= 4 is 75.4 Å². The quantitative estimate of drug-likeness (QED) is 0.112. The monoisotopic (exact) mass is 1160 g/mol. The molecule has 0 saturated heterocycles. The van der Waals surface area contributed by atoms with Crippen molar-refractivity contribution < 1.29 is 26.3 Å². The summed E-state index contributed by atoms with van der Waals surface area (Å²) in [5.41, 5.74) is 2.92. The van der Waals surface area contributed by atoms with Gasteiger partial charge in [0.2, 0.25) is 5.41 Å². The Morgan fingerprint density at radius 1 is 0.326 bits per heavy atom. The Bertz CT molecular complexity index is 5330. The number of fused-ring (bicyclic) bond motifs is 13. The number of nitrogens with zero attached hydrogens (tertiary/aromatic N) is 2. The third-order valence-corrected chi connectivity index (χ3v) is 18.4. The van der Waals surface area contributed by atoms with Crippen molar-refractivity contribution in [2.24, 2.45) is 0 Å². The summed E-state index contributed by atoms with van der Waals surface area (Å²) >= 11 is 0. The summed E-state index contributed by atoms with van der Waals surface area (Å²) in [5, 5.41) is 14.7. The van der Waals surface area contributed by atoms with E-state index in [9.17, 15) is 0 Å². The fourth-order valence-corrected chi connectivity index (χ4v) is 14.1. The van der Waals surface area contributed by atoms with Gasteiger partial charge in [-0.25, -0.2) is 4.98 Å². The maximum absolute atomic E-state index is 16.2. The van der Waals surface area contributed by atoms with Crippen LogP contribution in [0.2, 0.25) is 0 Å². The van der Waals surface area contributed by atoms with E-state index in [1.165, 1.54) is 24.3 Å². The summed E-state index contributed by atoms with van der Waals surface area (Å²) in [7, 11) is 0. The molecule has 2 heterocycles. The van der Waals surface area contributed by atoms with Gasteiger partial charge in [-0.1, -0.05) is 255 Å². The number of aromatic nitrogens is 2. The largest absolute Gasteiger partial charge is 0.411 e. The highest BCUT2D eigenvalue weighted by Crippen LogP contribution is 2.57. The third kappa shape index (κ3) is 8.87. The average Bonchev–Trinajstić information content (AvgIpc) is 2.20. The van der Waals surface area contributed by atoms with Gasteiger partial charge in [0.1, 0.15) is 0 Å². The summed E-state index contributed by atoms with van der Waals surface area (Å²) in [4.78, 5) is 10.6. The molecule has 2 nitrogen and oxygen atoms in total. The molecule has 0 fully saturated rings. The lowest BCUT2D eigenvalue weighted by molar-refractivity contribution is -0.288. The number of rotatable bonds is 8. The molecule has 0 bridgehead atoms. The normalized spacial score (nSPS) is 14.5. The van der Waals surface area contributed by atoms with E-state index in [1.54, 1.807) is 0 Å². The number of hydrogen-bond donors (Lipinski definition) is 0. The molecule has 89 heavy (non-hydrogen) atoms. The van der Waals surface area contributed by atoms with Gasteiger partial charge in [-0.15, -0.1) is 0 Å². The molecule has 14 aromatic rings. The second-order valence-corrected chi connectivity index (χ2v) is 23.3. The number of benzene rings is 12. The van der Waals surface area contributed by atoms with Crippen molar-refractivity contribution in [1.29, 1.82) is 0 Å². The maximum atomic E-state index is 16.2. The van der Waals surface area contributed by atoms with Crippen LogP contribution >= 0.6 is 0 Å². The van der Waals surface area contributed by atoms with Gasteiger partial charge in [-0.3, -0.25) is 4.98 Å². The summed E-state index contributed by atoms with van der Waals surface area (Å²) < 4.78 is 97.1. The molecule has 0 N–H and O–H groups in total. The van der Waals surface area contributed by atoms with Crippen molar-refractivity contribution in [2.45, 2.75) is 30.1 Å². The molecule has 0 spiro atoms. The van der Waals surface area contributed by atoms with Crippen LogP contribution in [0.3, 0.4) is 0 Å². The zero-order valence-corrected chi connectivity index (χ0v) is 47.6. The van der Waals surface area contributed by atoms with E-state index in [1.807, 2.05) is 115 Å². The Balaban J connectivity index is 0.820. The van der Waals surface area contributed by atoms with Crippen molar-refractivity contribution in [3.63, 3.8) is 0 Å². The molecule has 0 aliphatic heterocycles. The number of allylic oxidation sites excluding steroid dienone is 8. The summed E-state index contributed by atoms with van der Waals surface area (Å²) in [6, 6.07) is 76.4. The molecule has 0 saturated carbocycles. The van der Waals surface area contributed by atoms with Gasteiger partial charge >= 0.3 is 12.4 Å². The summed E-state index contributed by atoms with van der Waals surface area (Å²) in [6.07, 6.45) is 1.32. The van der Waals surface area contributed by atoms with E-state index < -0.39 is 28.9 Å². The van der Waals surface area contributed by atoms with Crippen LogP contribution in [0.1, 0.15) is 29.2 Å². The smallest absolute Gasteiger partial charge is 0.252 e. The Morgan fingerprint density at radius 3 is 1.31 bits per heavy atom. The average molecular weight is 1170 g/mol. The van der Waals surface area contributed by atoms with E-state index in [4.69, 9.17) is 9.97 Å². The molecule has 16 rings (SSSR count). The van der Waals surface area contributed by atoms with Crippen molar-refractivity contribution in [3.8, 4) is 56.0 Å². The van der Waals surface area contributed by atoms with Crippen LogP contribution < -0.4 is 0 Å². The molecular formula is C81H50F6N2. The predicted octanol–water partition coefficient (Wildman–Crippen LogP) is 22.8. The molecule has 8 heteroatoms. The first kappa shape index (κ1) is 53.7. The first-order valence-corrected chi connectivity index (χ1v) is 29.7. The summed E-state index contributed by atoms with van der Waals surface area (Å²) in [5.74, 6) is -0.181. The van der Waals surface area contributed by atoms with Crippen molar-refractivity contribution in [2.75, 3.05) is 0 Å². The van der Waals surface area contributed by atoms with E-state index >= 15 is 26.3 Å². The fourth-order valence-electron chi connectivity index (χ4n) is 14.1. The van der Waals surface area contributed by atoms with Crippen molar-refractivity contribution in [3.05, 3.63) is 313 Å². The highest BCUT2D eigenvalue weighted by molar-refractivity contribution is 6.26. The van der Waals surface area contributed by atoms with E-state index in [2.05, 4.69) is 121 Å². The molecule has 0 amide bonds. The number of hydrogen-bond acceptors (Lipinski definition) is 2. The minimum atomic E-state index is -5.83. The van der Waals surface area contributed by atoms with Gasteiger partial charge in [0.15, 0.2) is 0 Å². The van der Waals surface area contributed by atoms with Crippen LogP contribution in [0.4, 0.5) is 26.3 Å². The molecular weight excluding hydrogens is 1110 g/mol. The zero-order chi connectivity index (χ0) is 60.2. The third-order valence-electron chi connectivity index (χ3n) is 18.4. The molecule has 1 unspecified atom stereocenters. The molecule has 2 aromatic heterocycles.